The Morgan fingerprint density at radius 2 is 2.14 bits per heavy atom. The van der Waals surface area contributed by atoms with Crippen molar-refractivity contribution in [3.8, 4) is 0 Å². The van der Waals surface area contributed by atoms with E-state index < -0.39 is 0 Å². The van der Waals surface area contributed by atoms with Gasteiger partial charge < -0.3 is 15.1 Å². The lowest BCUT2D eigenvalue weighted by molar-refractivity contribution is 0.0948. The van der Waals surface area contributed by atoms with E-state index in [1.54, 1.807) is 6.20 Å². The number of rotatable bonds is 6. The number of aryl methyl sites for hydroxylation is 2. The Morgan fingerprint density at radius 1 is 1.33 bits per heavy atom. The normalized spacial score (nSPS) is 10.4. The standard InChI is InChI=1S/C16H21N3O2/c1-4-12-9-18-15(21-12)10-19-16(20)13-7-6-11(3)8-14(13)17-5-2/h6-9,17H,4-5,10H2,1-3H3,(H,19,20). The molecule has 2 aromatic rings. The number of nitrogens with one attached hydrogen (secondary N) is 2. The molecule has 2 rings (SSSR count). The van der Waals surface area contributed by atoms with Gasteiger partial charge >= 0.3 is 0 Å². The highest BCUT2D eigenvalue weighted by molar-refractivity contribution is 5.99. The molecule has 0 atom stereocenters. The minimum Gasteiger partial charge on any atom is -0.444 e. The number of carbonyl (C=O) groups is 1. The van der Waals surface area contributed by atoms with Crippen LogP contribution in [0.3, 0.4) is 0 Å². The Kier molecular flexibility index (Phi) is 4.98. The number of hydrogen-bond donors (Lipinski definition) is 2. The number of aromatic nitrogens is 1. The van der Waals surface area contributed by atoms with Crippen LogP contribution in [0.5, 0.6) is 0 Å². The minimum atomic E-state index is -0.137. The number of benzene rings is 1. The van der Waals surface area contributed by atoms with E-state index in [2.05, 4.69) is 15.6 Å². The third-order valence-corrected chi connectivity index (χ3v) is 3.14. The summed E-state index contributed by atoms with van der Waals surface area (Å²) in [6, 6.07) is 5.73. The van der Waals surface area contributed by atoms with Crippen LogP contribution in [0.4, 0.5) is 5.69 Å². The van der Waals surface area contributed by atoms with Crippen LogP contribution in [0.15, 0.2) is 28.8 Å². The molecule has 0 saturated carbocycles. The summed E-state index contributed by atoms with van der Waals surface area (Å²) < 4.78 is 5.47. The minimum absolute atomic E-state index is 0.137. The maximum atomic E-state index is 12.3. The fourth-order valence-electron chi connectivity index (χ4n) is 2.04. The Morgan fingerprint density at radius 3 is 2.81 bits per heavy atom. The maximum absolute atomic E-state index is 12.3. The first-order valence-electron chi connectivity index (χ1n) is 7.20. The zero-order valence-corrected chi connectivity index (χ0v) is 12.7. The predicted molar refractivity (Wildman–Crippen MR) is 82.4 cm³/mol. The highest BCUT2D eigenvalue weighted by Gasteiger charge is 2.12. The van der Waals surface area contributed by atoms with Gasteiger partial charge in [-0.3, -0.25) is 4.79 Å². The zero-order chi connectivity index (χ0) is 15.2. The Labute approximate surface area is 124 Å². The lowest BCUT2D eigenvalue weighted by Crippen LogP contribution is -2.24. The molecule has 1 aromatic heterocycles. The highest BCUT2D eigenvalue weighted by Crippen LogP contribution is 2.17. The third-order valence-electron chi connectivity index (χ3n) is 3.14. The van der Waals surface area contributed by atoms with E-state index in [1.807, 2.05) is 39.0 Å². The van der Waals surface area contributed by atoms with Crippen molar-refractivity contribution in [2.24, 2.45) is 0 Å². The van der Waals surface area contributed by atoms with Crippen molar-refractivity contribution in [1.82, 2.24) is 10.3 Å². The average Bonchev–Trinajstić information content (AvgIpc) is 2.93. The molecule has 0 spiro atoms. The van der Waals surface area contributed by atoms with Crippen molar-refractivity contribution in [2.75, 3.05) is 11.9 Å². The molecule has 1 amide bonds. The number of carbonyl (C=O) groups excluding carboxylic acids is 1. The first-order chi connectivity index (χ1) is 10.1. The van der Waals surface area contributed by atoms with Crippen LogP contribution < -0.4 is 10.6 Å². The summed E-state index contributed by atoms with van der Waals surface area (Å²) in [7, 11) is 0. The van der Waals surface area contributed by atoms with Crippen LogP contribution in [0.25, 0.3) is 0 Å². The van der Waals surface area contributed by atoms with Gasteiger partial charge in [0.05, 0.1) is 18.3 Å². The fraction of sp³-hybridized carbons (Fsp3) is 0.375. The molecule has 2 N–H and O–H groups in total. The lowest BCUT2D eigenvalue weighted by atomic mass is 10.1. The number of amides is 1. The van der Waals surface area contributed by atoms with Gasteiger partial charge in [0.1, 0.15) is 5.76 Å². The Hall–Kier alpha value is -2.30. The highest BCUT2D eigenvalue weighted by atomic mass is 16.4. The molecule has 0 bridgehead atoms. The van der Waals surface area contributed by atoms with Gasteiger partial charge in [-0.1, -0.05) is 13.0 Å². The summed E-state index contributed by atoms with van der Waals surface area (Å²) in [4.78, 5) is 16.4. The Bertz CT molecular complexity index is 620. The molecule has 0 radical (unpaired) electrons. The zero-order valence-electron chi connectivity index (χ0n) is 12.7. The second kappa shape index (κ2) is 6.92. The molecular formula is C16H21N3O2. The van der Waals surface area contributed by atoms with Gasteiger partial charge in [0, 0.05) is 18.7 Å². The number of oxazole rings is 1. The van der Waals surface area contributed by atoms with Crippen LogP contribution in [-0.2, 0) is 13.0 Å². The van der Waals surface area contributed by atoms with Crippen molar-refractivity contribution < 1.29 is 9.21 Å². The van der Waals surface area contributed by atoms with E-state index in [9.17, 15) is 4.79 Å². The van der Waals surface area contributed by atoms with Crippen LogP contribution in [-0.4, -0.2) is 17.4 Å². The van der Waals surface area contributed by atoms with Crippen molar-refractivity contribution >= 4 is 11.6 Å². The summed E-state index contributed by atoms with van der Waals surface area (Å²) in [6.07, 6.45) is 2.49. The number of hydrogen-bond acceptors (Lipinski definition) is 4. The quantitative estimate of drug-likeness (QED) is 0.857. The fourth-order valence-corrected chi connectivity index (χ4v) is 2.04. The molecule has 1 heterocycles. The second-order valence-electron chi connectivity index (χ2n) is 4.84. The van der Waals surface area contributed by atoms with Crippen molar-refractivity contribution in [3.63, 3.8) is 0 Å². The summed E-state index contributed by atoms with van der Waals surface area (Å²) >= 11 is 0. The molecule has 112 valence electrons. The summed E-state index contributed by atoms with van der Waals surface area (Å²) in [6.45, 7) is 7.06. The van der Waals surface area contributed by atoms with Crippen LogP contribution in [0, 0.1) is 6.92 Å². The molecule has 0 aliphatic rings. The van der Waals surface area contributed by atoms with E-state index in [1.165, 1.54) is 0 Å². The van der Waals surface area contributed by atoms with E-state index in [0.717, 1.165) is 30.0 Å². The molecule has 0 fully saturated rings. The summed E-state index contributed by atoms with van der Waals surface area (Å²) in [5.41, 5.74) is 2.59. The lowest BCUT2D eigenvalue weighted by Gasteiger charge is -2.11. The van der Waals surface area contributed by atoms with Crippen molar-refractivity contribution in [1.29, 1.82) is 0 Å². The predicted octanol–water partition coefficient (Wildman–Crippen LogP) is 2.91. The van der Waals surface area contributed by atoms with Crippen LogP contribution >= 0.6 is 0 Å². The molecule has 0 unspecified atom stereocenters. The van der Waals surface area contributed by atoms with Gasteiger partial charge in [0.25, 0.3) is 5.91 Å². The Balaban J connectivity index is 2.05. The smallest absolute Gasteiger partial charge is 0.253 e. The second-order valence-corrected chi connectivity index (χ2v) is 4.84. The maximum Gasteiger partial charge on any atom is 0.253 e. The average molecular weight is 287 g/mol. The SMILES string of the molecule is CCNc1cc(C)ccc1C(=O)NCc1ncc(CC)o1. The number of anilines is 1. The van der Waals surface area contributed by atoms with E-state index in [4.69, 9.17) is 4.42 Å². The van der Waals surface area contributed by atoms with Crippen molar-refractivity contribution in [3.05, 3.63) is 47.2 Å². The van der Waals surface area contributed by atoms with Crippen LogP contribution in [0.2, 0.25) is 0 Å². The molecule has 0 aliphatic carbocycles. The summed E-state index contributed by atoms with van der Waals surface area (Å²) in [5.74, 6) is 1.21. The first-order valence-corrected chi connectivity index (χ1v) is 7.20. The largest absolute Gasteiger partial charge is 0.444 e. The first kappa shape index (κ1) is 15.1. The van der Waals surface area contributed by atoms with Gasteiger partial charge in [-0.05, 0) is 31.5 Å². The van der Waals surface area contributed by atoms with Crippen molar-refractivity contribution in [2.45, 2.75) is 33.7 Å². The summed E-state index contributed by atoms with van der Waals surface area (Å²) in [5, 5.41) is 6.05. The topological polar surface area (TPSA) is 67.2 Å². The molecule has 21 heavy (non-hydrogen) atoms. The number of nitrogens with zero attached hydrogens (tertiary/aromatic N) is 1. The molecule has 0 aliphatic heterocycles. The molecule has 0 saturated heterocycles. The van der Waals surface area contributed by atoms with E-state index in [0.29, 0.717) is 11.5 Å². The van der Waals surface area contributed by atoms with Gasteiger partial charge in [-0.25, -0.2) is 4.98 Å². The van der Waals surface area contributed by atoms with E-state index in [-0.39, 0.29) is 12.5 Å². The van der Waals surface area contributed by atoms with Gasteiger partial charge in [0.15, 0.2) is 0 Å². The van der Waals surface area contributed by atoms with Gasteiger partial charge in [-0.2, -0.15) is 0 Å². The molecule has 1 aromatic carbocycles. The van der Waals surface area contributed by atoms with Gasteiger partial charge in [0.2, 0.25) is 5.89 Å². The van der Waals surface area contributed by atoms with Crippen LogP contribution in [0.1, 0.15) is 41.4 Å². The molecular weight excluding hydrogens is 266 g/mol. The molecule has 5 heteroatoms. The van der Waals surface area contributed by atoms with Gasteiger partial charge in [-0.15, -0.1) is 0 Å². The third kappa shape index (κ3) is 3.84. The monoisotopic (exact) mass is 287 g/mol. The molecule has 5 nitrogen and oxygen atoms in total. The van der Waals surface area contributed by atoms with E-state index >= 15 is 0 Å².